The van der Waals surface area contributed by atoms with Gasteiger partial charge in [0, 0.05) is 30.6 Å². The van der Waals surface area contributed by atoms with Crippen LogP contribution in [0.5, 0.6) is 0 Å². The molecular weight excluding hydrogens is 352 g/mol. The fraction of sp³-hybridized carbons (Fsp3) is 0.667. The summed E-state index contributed by atoms with van der Waals surface area (Å²) in [5.74, 6) is 0. The predicted octanol–water partition coefficient (Wildman–Crippen LogP) is 3.65. The first-order chi connectivity index (χ1) is 9.83. The van der Waals surface area contributed by atoms with Crippen LogP contribution in [0.2, 0.25) is 0 Å². The fourth-order valence-corrected chi connectivity index (χ4v) is 3.79. The molecule has 6 heteroatoms. The third-order valence-corrected chi connectivity index (χ3v) is 4.96. The quantitative estimate of drug-likeness (QED) is 0.874. The molecule has 4 nitrogen and oxygen atoms in total. The second-order valence-corrected chi connectivity index (χ2v) is 8.87. The number of carbonyl (C=O) groups is 1. The molecule has 0 aliphatic carbocycles. The zero-order chi connectivity index (χ0) is 15.5. The summed E-state index contributed by atoms with van der Waals surface area (Å²) < 4.78 is 6.58. The van der Waals surface area contributed by atoms with E-state index in [1.807, 2.05) is 20.8 Å². The Morgan fingerprint density at radius 3 is 2.90 bits per heavy atom. The van der Waals surface area contributed by atoms with Gasteiger partial charge in [0.05, 0.1) is 3.79 Å². The van der Waals surface area contributed by atoms with Crippen molar-refractivity contribution in [3.63, 3.8) is 0 Å². The summed E-state index contributed by atoms with van der Waals surface area (Å²) in [4.78, 5) is 15.1. The molecule has 0 spiro atoms. The first-order valence-electron chi connectivity index (χ1n) is 7.29. The first kappa shape index (κ1) is 16.8. The highest BCUT2D eigenvalue weighted by Gasteiger charge is 2.29. The maximum atomic E-state index is 12.0. The van der Waals surface area contributed by atoms with Crippen molar-refractivity contribution in [3.8, 4) is 0 Å². The van der Waals surface area contributed by atoms with Crippen LogP contribution in [0.25, 0.3) is 0 Å². The van der Waals surface area contributed by atoms with Crippen molar-refractivity contribution in [1.82, 2.24) is 10.2 Å². The molecule has 1 unspecified atom stereocenters. The van der Waals surface area contributed by atoms with Gasteiger partial charge in [0.1, 0.15) is 5.60 Å². The molecule has 0 radical (unpaired) electrons. The third kappa shape index (κ3) is 5.60. The second kappa shape index (κ2) is 7.11. The number of ether oxygens (including phenoxy) is 1. The number of hydrogen-bond acceptors (Lipinski definition) is 4. The summed E-state index contributed by atoms with van der Waals surface area (Å²) >= 11 is 5.25. The Hall–Kier alpha value is -0.590. The number of nitrogens with one attached hydrogen (secondary N) is 1. The van der Waals surface area contributed by atoms with Gasteiger partial charge in [-0.1, -0.05) is 0 Å². The Labute approximate surface area is 139 Å². The summed E-state index contributed by atoms with van der Waals surface area (Å²) in [6.45, 7) is 8.15. The maximum absolute atomic E-state index is 12.0. The van der Waals surface area contributed by atoms with Gasteiger partial charge in [-0.15, -0.1) is 11.3 Å². The van der Waals surface area contributed by atoms with E-state index in [-0.39, 0.29) is 6.09 Å². The van der Waals surface area contributed by atoms with Gasteiger partial charge in [0.25, 0.3) is 0 Å². The second-order valence-electron chi connectivity index (χ2n) is 6.32. The van der Waals surface area contributed by atoms with Crippen molar-refractivity contribution in [3.05, 3.63) is 20.8 Å². The van der Waals surface area contributed by atoms with Crippen LogP contribution in [-0.4, -0.2) is 42.3 Å². The number of carbonyl (C=O) groups excluding carboxylic acids is 1. The van der Waals surface area contributed by atoms with E-state index in [1.54, 1.807) is 16.2 Å². The van der Waals surface area contributed by atoms with Crippen molar-refractivity contribution in [2.24, 2.45) is 0 Å². The lowest BCUT2D eigenvalue weighted by molar-refractivity contribution is 0.0291. The molecule has 1 aromatic heterocycles. The lowest BCUT2D eigenvalue weighted by Gasteiger charge is -2.24. The topological polar surface area (TPSA) is 41.6 Å². The largest absolute Gasteiger partial charge is 0.444 e. The van der Waals surface area contributed by atoms with Gasteiger partial charge in [-0.2, -0.15) is 0 Å². The minimum atomic E-state index is -0.421. The van der Waals surface area contributed by atoms with Gasteiger partial charge < -0.3 is 15.0 Å². The van der Waals surface area contributed by atoms with E-state index in [9.17, 15) is 4.79 Å². The Morgan fingerprint density at radius 2 is 2.29 bits per heavy atom. The molecule has 0 saturated carbocycles. The van der Waals surface area contributed by atoms with Crippen molar-refractivity contribution in [2.75, 3.05) is 19.6 Å². The lowest BCUT2D eigenvalue weighted by Crippen LogP contribution is -2.38. The summed E-state index contributed by atoms with van der Waals surface area (Å²) in [5.41, 5.74) is -0.421. The predicted molar refractivity (Wildman–Crippen MR) is 89.9 cm³/mol. The average molecular weight is 375 g/mol. The Balaban J connectivity index is 1.69. The smallest absolute Gasteiger partial charge is 0.410 e. The molecule has 1 aromatic rings. The van der Waals surface area contributed by atoms with Crippen molar-refractivity contribution in [2.45, 2.75) is 45.3 Å². The van der Waals surface area contributed by atoms with E-state index >= 15 is 0 Å². The Bertz CT molecular complexity index is 484. The van der Waals surface area contributed by atoms with Gasteiger partial charge in [0.15, 0.2) is 0 Å². The summed E-state index contributed by atoms with van der Waals surface area (Å²) in [6, 6.07) is 4.61. The highest BCUT2D eigenvalue weighted by atomic mass is 79.9. The van der Waals surface area contributed by atoms with E-state index in [4.69, 9.17) is 4.74 Å². The van der Waals surface area contributed by atoms with E-state index in [0.29, 0.717) is 6.04 Å². The van der Waals surface area contributed by atoms with Gasteiger partial charge in [-0.05, 0) is 61.7 Å². The monoisotopic (exact) mass is 374 g/mol. The maximum Gasteiger partial charge on any atom is 0.410 e. The molecule has 1 aliphatic heterocycles. The molecule has 1 fully saturated rings. The van der Waals surface area contributed by atoms with Crippen LogP contribution in [-0.2, 0) is 11.2 Å². The molecule has 1 atom stereocenters. The summed E-state index contributed by atoms with van der Waals surface area (Å²) in [7, 11) is 0. The third-order valence-electron chi connectivity index (χ3n) is 3.27. The number of hydrogen-bond donors (Lipinski definition) is 1. The van der Waals surface area contributed by atoms with Crippen LogP contribution < -0.4 is 5.32 Å². The highest BCUT2D eigenvalue weighted by Crippen LogP contribution is 2.22. The fourth-order valence-electron chi connectivity index (χ4n) is 2.30. The molecule has 1 aliphatic rings. The van der Waals surface area contributed by atoms with E-state index in [1.165, 1.54) is 8.66 Å². The van der Waals surface area contributed by atoms with E-state index < -0.39 is 5.60 Å². The van der Waals surface area contributed by atoms with Gasteiger partial charge >= 0.3 is 6.09 Å². The number of nitrogens with zero attached hydrogens (tertiary/aromatic N) is 1. The Kier molecular flexibility index (Phi) is 5.68. The SMILES string of the molecule is CC(C)(C)OC(=O)N1CCC(NCCc2ccc(Br)s2)C1. The van der Waals surface area contributed by atoms with Crippen LogP contribution in [0.4, 0.5) is 4.79 Å². The van der Waals surface area contributed by atoms with Crippen LogP contribution in [0.3, 0.4) is 0 Å². The average Bonchev–Trinajstić information content (AvgIpc) is 2.97. The number of amides is 1. The number of rotatable bonds is 4. The highest BCUT2D eigenvalue weighted by molar-refractivity contribution is 9.11. The van der Waals surface area contributed by atoms with Crippen LogP contribution >= 0.6 is 27.3 Å². The lowest BCUT2D eigenvalue weighted by atomic mass is 10.2. The molecule has 0 bridgehead atoms. The minimum Gasteiger partial charge on any atom is -0.444 e. The molecule has 2 heterocycles. The molecule has 1 amide bonds. The zero-order valence-corrected chi connectivity index (χ0v) is 15.2. The van der Waals surface area contributed by atoms with Crippen molar-refractivity contribution < 1.29 is 9.53 Å². The molecule has 1 saturated heterocycles. The van der Waals surface area contributed by atoms with Gasteiger partial charge in [0.2, 0.25) is 0 Å². The molecule has 21 heavy (non-hydrogen) atoms. The molecule has 1 N–H and O–H groups in total. The molecule has 2 rings (SSSR count). The summed E-state index contributed by atoms with van der Waals surface area (Å²) in [5, 5.41) is 3.53. The standard InChI is InChI=1S/C15H23BrN2O2S/c1-15(2,3)20-14(19)18-9-7-11(10-18)17-8-6-12-4-5-13(16)21-12/h4-5,11,17H,6-10H2,1-3H3. The number of thiophene rings is 1. The van der Waals surface area contributed by atoms with Crippen LogP contribution in [0.15, 0.2) is 15.9 Å². The van der Waals surface area contributed by atoms with E-state index in [2.05, 4.69) is 33.4 Å². The van der Waals surface area contributed by atoms with Crippen molar-refractivity contribution in [1.29, 1.82) is 0 Å². The van der Waals surface area contributed by atoms with Gasteiger partial charge in [-0.25, -0.2) is 4.79 Å². The summed E-state index contributed by atoms with van der Waals surface area (Å²) in [6.07, 6.45) is 1.82. The number of halogens is 1. The molecule has 0 aromatic carbocycles. The van der Waals surface area contributed by atoms with E-state index in [0.717, 1.165) is 32.5 Å². The molecule has 118 valence electrons. The van der Waals surface area contributed by atoms with Crippen LogP contribution in [0, 0.1) is 0 Å². The molecular formula is C15H23BrN2O2S. The van der Waals surface area contributed by atoms with Crippen molar-refractivity contribution >= 4 is 33.4 Å². The number of likely N-dealkylation sites (tertiary alicyclic amines) is 1. The minimum absolute atomic E-state index is 0.200. The first-order valence-corrected chi connectivity index (χ1v) is 8.90. The van der Waals surface area contributed by atoms with Gasteiger partial charge in [-0.3, -0.25) is 0 Å². The zero-order valence-electron chi connectivity index (χ0n) is 12.8. The van der Waals surface area contributed by atoms with Crippen LogP contribution in [0.1, 0.15) is 32.1 Å². The Morgan fingerprint density at radius 1 is 1.52 bits per heavy atom. The normalized spacial score (nSPS) is 19.0.